The first-order chi connectivity index (χ1) is 10.7. The summed E-state index contributed by atoms with van der Waals surface area (Å²) in [5.74, 6) is 0. The highest BCUT2D eigenvalue weighted by atomic mass is 16.6. The molecule has 118 valence electrons. The van der Waals surface area contributed by atoms with Gasteiger partial charge in [0.15, 0.2) is 0 Å². The number of hydrogen-bond acceptors (Lipinski definition) is 5. The lowest BCUT2D eigenvalue weighted by atomic mass is 10.1. The smallest absolute Gasteiger partial charge is 0.122 e. The molecule has 1 saturated heterocycles. The van der Waals surface area contributed by atoms with Gasteiger partial charge in [-0.15, -0.1) is 0 Å². The molecule has 0 radical (unpaired) electrons. The number of rotatable bonds is 5. The van der Waals surface area contributed by atoms with Crippen LogP contribution >= 0.6 is 0 Å². The molecular formula is C17H24N4O. The van der Waals surface area contributed by atoms with E-state index in [0.717, 1.165) is 24.5 Å². The molecule has 22 heavy (non-hydrogen) atoms. The van der Waals surface area contributed by atoms with E-state index in [0.29, 0.717) is 0 Å². The fraction of sp³-hybridized carbons (Fsp3) is 0.529. The Hall–Kier alpha value is -1.88. The molecule has 1 aliphatic heterocycles. The van der Waals surface area contributed by atoms with Gasteiger partial charge in [0.25, 0.3) is 0 Å². The van der Waals surface area contributed by atoms with Crippen molar-refractivity contribution in [2.24, 2.45) is 0 Å². The second-order valence-corrected chi connectivity index (χ2v) is 6.15. The summed E-state index contributed by atoms with van der Waals surface area (Å²) in [7, 11) is 2.11. The van der Waals surface area contributed by atoms with Gasteiger partial charge >= 0.3 is 0 Å². The highest BCUT2D eigenvalue weighted by Gasteiger charge is 2.16. The molecular weight excluding hydrogens is 276 g/mol. The van der Waals surface area contributed by atoms with Crippen LogP contribution in [0.1, 0.15) is 36.2 Å². The summed E-state index contributed by atoms with van der Waals surface area (Å²) in [6, 6.07) is 8.74. The molecule has 0 N–H and O–H groups in total. The number of nitrogens with zero attached hydrogens (tertiary/aromatic N) is 4. The van der Waals surface area contributed by atoms with Crippen LogP contribution in [0.2, 0.25) is 0 Å². The molecule has 2 heterocycles. The van der Waals surface area contributed by atoms with E-state index in [-0.39, 0.29) is 0 Å². The van der Waals surface area contributed by atoms with Crippen molar-refractivity contribution >= 4 is 5.69 Å². The zero-order chi connectivity index (χ0) is 15.4. The number of aryl methyl sites for hydroxylation is 1. The Balaban J connectivity index is 1.70. The predicted molar refractivity (Wildman–Crippen MR) is 86.7 cm³/mol. The fourth-order valence-electron chi connectivity index (χ4n) is 3.08. The van der Waals surface area contributed by atoms with Crippen LogP contribution in [-0.2, 0) is 13.1 Å². The summed E-state index contributed by atoms with van der Waals surface area (Å²) in [4.78, 5) is 4.78. The minimum Gasteiger partial charge on any atom is -0.371 e. The van der Waals surface area contributed by atoms with Gasteiger partial charge < -0.3 is 4.90 Å². The Morgan fingerprint density at radius 1 is 1.09 bits per heavy atom. The second-order valence-electron chi connectivity index (χ2n) is 6.15. The Morgan fingerprint density at radius 3 is 2.59 bits per heavy atom. The molecule has 1 fully saturated rings. The first-order valence-corrected chi connectivity index (χ1v) is 8.03. The van der Waals surface area contributed by atoms with E-state index >= 15 is 0 Å². The Bertz CT molecular complexity index is 604. The summed E-state index contributed by atoms with van der Waals surface area (Å²) in [5, 5.41) is 7.82. The van der Waals surface area contributed by atoms with Gasteiger partial charge in [0.2, 0.25) is 0 Å². The minimum atomic E-state index is 0.754. The van der Waals surface area contributed by atoms with Crippen molar-refractivity contribution < 1.29 is 4.63 Å². The highest BCUT2D eigenvalue weighted by molar-refractivity contribution is 5.53. The van der Waals surface area contributed by atoms with E-state index in [4.69, 9.17) is 4.63 Å². The molecule has 0 unspecified atom stereocenters. The monoisotopic (exact) mass is 300 g/mol. The van der Waals surface area contributed by atoms with Crippen molar-refractivity contribution in [2.45, 2.75) is 39.3 Å². The maximum Gasteiger partial charge on any atom is 0.122 e. The van der Waals surface area contributed by atoms with Gasteiger partial charge in [-0.3, -0.25) is 4.90 Å². The molecule has 1 aromatic carbocycles. The molecule has 0 bridgehead atoms. The standard InChI is InChI=1S/C17H24N4O/c1-14-16(19-22-18-14)13-20(2)12-15-8-4-5-9-17(15)21-10-6-3-7-11-21/h4-5,8-9H,3,6-7,10-13H2,1-2H3. The molecule has 3 rings (SSSR count). The normalized spacial score (nSPS) is 15.5. The molecule has 0 saturated carbocycles. The van der Waals surface area contributed by atoms with Crippen LogP contribution in [0.4, 0.5) is 5.69 Å². The largest absolute Gasteiger partial charge is 0.371 e. The Kier molecular flexibility index (Phi) is 4.73. The summed E-state index contributed by atoms with van der Waals surface area (Å²) in [5.41, 5.74) is 4.54. The van der Waals surface area contributed by atoms with E-state index in [2.05, 4.69) is 51.4 Å². The number of benzene rings is 1. The topological polar surface area (TPSA) is 45.4 Å². The van der Waals surface area contributed by atoms with Crippen molar-refractivity contribution in [2.75, 3.05) is 25.0 Å². The average Bonchev–Trinajstić information content (AvgIpc) is 2.94. The van der Waals surface area contributed by atoms with Crippen molar-refractivity contribution in [1.29, 1.82) is 0 Å². The van der Waals surface area contributed by atoms with Crippen LogP contribution in [0.3, 0.4) is 0 Å². The zero-order valence-corrected chi connectivity index (χ0v) is 13.5. The lowest BCUT2D eigenvalue weighted by molar-refractivity contribution is 0.279. The van der Waals surface area contributed by atoms with Crippen LogP contribution < -0.4 is 4.90 Å². The molecule has 0 atom stereocenters. The average molecular weight is 300 g/mol. The summed E-state index contributed by atoms with van der Waals surface area (Å²) in [6.45, 7) is 5.93. The van der Waals surface area contributed by atoms with Crippen molar-refractivity contribution in [3.63, 3.8) is 0 Å². The SMILES string of the molecule is Cc1nonc1CN(C)Cc1ccccc1N1CCCCC1. The first kappa shape index (κ1) is 15.0. The van der Waals surface area contributed by atoms with Crippen molar-refractivity contribution in [3.05, 3.63) is 41.2 Å². The molecule has 0 amide bonds. The molecule has 5 heteroatoms. The number of aromatic nitrogens is 2. The van der Waals surface area contributed by atoms with Crippen LogP contribution in [0, 0.1) is 6.92 Å². The van der Waals surface area contributed by atoms with E-state index < -0.39 is 0 Å². The van der Waals surface area contributed by atoms with Crippen LogP contribution in [0.5, 0.6) is 0 Å². The summed E-state index contributed by atoms with van der Waals surface area (Å²) >= 11 is 0. The third-order valence-electron chi connectivity index (χ3n) is 4.29. The zero-order valence-electron chi connectivity index (χ0n) is 13.5. The minimum absolute atomic E-state index is 0.754. The van der Waals surface area contributed by atoms with Crippen LogP contribution in [0.25, 0.3) is 0 Å². The predicted octanol–water partition coefficient (Wildman–Crippen LogP) is 3.00. The number of hydrogen-bond donors (Lipinski definition) is 0. The maximum atomic E-state index is 4.78. The molecule has 5 nitrogen and oxygen atoms in total. The van der Waals surface area contributed by atoms with E-state index in [1.54, 1.807) is 0 Å². The van der Waals surface area contributed by atoms with Gasteiger partial charge in [0, 0.05) is 31.9 Å². The Morgan fingerprint density at radius 2 is 1.86 bits per heavy atom. The van der Waals surface area contributed by atoms with Crippen LogP contribution in [-0.4, -0.2) is 35.4 Å². The van der Waals surface area contributed by atoms with Gasteiger partial charge in [-0.2, -0.15) is 0 Å². The third-order valence-corrected chi connectivity index (χ3v) is 4.29. The van der Waals surface area contributed by atoms with Crippen LogP contribution in [0.15, 0.2) is 28.9 Å². The Labute approximate surface area is 131 Å². The van der Waals surface area contributed by atoms with E-state index in [1.165, 1.54) is 43.6 Å². The number of anilines is 1. The molecule has 1 aliphatic rings. The van der Waals surface area contributed by atoms with Gasteiger partial charge in [-0.25, -0.2) is 4.63 Å². The van der Waals surface area contributed by atoms with Gasteiger partial charge in [-0.05, 0) is 44.9 Å². The van der Waals surface area contributed by atoms with Gasteiger partial charge in [0.05, 0.1) is 0 Å². The molecule has 2 aromatic rings. The van der Waals surface area contributed by atoms with E-state index in [9.17, 15) is 0 Å². The first-order valence-electron chi connectivity index (χ1n) is 8.03. The molecule has 1 aromatic heterocycles. The van der Waals surface area contributed by atoms with Gasteiger partial charge in [-0.1, -0.05) is 28.5 Å². The second kappa shape index (κ2) is 6.92. The lowest BCUT2D eigenvalue weighted by Crippen LogP contribution is -2.31. The quantitative estimate of drug-likeness (QED) is 0.849. The van der Waals surface area contributed by atoms with E-state index in [1.807, 2.05) is 6.92 Å². The molecule has 0 spiro atoms. The highest BCUT2D eigenvalue weighted by Crippen LogP contribution is 2.25. The van der Waals surface area contributed by atoms with Crippen molar-refractivity contribution in [3.8, 4) is 0 Å². The summed E-state index contributed by atoms with van der Waals surface area (Å²) in [6.07, 6.45) is 3.96. The van der Waals surface area contributed by atoms with Gasteiger partial charge in [0.1, 0.15) is 11.4 Å². The third kappa shape index (κ3) is 3.47. The fourth-order valence-corrected chi connectivity index (χ4v) is 3.08. The molecule has 0 aliphatic carbocycles. The summed E-state index contributed by atoms with van der Waals surface area (Å²) < 4.78 is 4.78. The maximum absolute atomic E-state index is 4.78. The number of piperidine rings is 1. The lowest BCUT2D eigenvalue weighted by Gasteiger charge is -2.31. The number of para-hydroxylation sites is 1. The van der Waals surface area contributed by atoms with Crippen molar-refractivity contribution in [1.82, 2.24) is 15.2 Å².